The number of benzene rings is 1. The first-order chi connectivity index (χ1) is 12.0. The number of aromatic carboxylic acids is 1. The van der Waals surface area contributed by atoms with Gasteiger partial charge in [0.25, 0.3) is 5.91 Å². The molecule has 3 rings (SSSR count). The van der Waals surface area contributed by atoms with E-state index in [-0.39, 0.29) is 23.1 Å². The number of carbonyl (C=O) groups excluding carboxylic acids is 1. The van der Waals surface area contributed by atoms with Gasteiger partial charge in [0.15, 0.2) is 11.5 Å². The Hall–Kier alpha value is -3.09. The zero-order chi connectivity index (χ0) is 18.0. The summed E-state index contributed by atoms with van der Waals surface area (Å²) in [6, 6.07) is 5.40. The second-order valence-electron chi connectivity index (χ2n) is 5.80. The third kappa shape index (κ3) is 3.26. The zero-order valence-electron chi connectivity index (χ0n) is 13.9. The van der Waals surface area contributed by atoms with Crippen molar-refractivity contribution in [2.45, 2.75) is 19.4 Å². The van der Waals surface area contributed by atoms with Crippen LogP contribution in [0.5, 0.6) is 11.5 Å². The summed E-state index contributed by atoms with van der Waals surface area (Å²) in [7, 11) is 1.58. The highest BCUT2D eigenvalue weighted by molar-refractivity contribution is 5.99. The Balaban J connectivity index is 1.77. The molecule has 25 heavy (non-hydrogen) atoms. The second-order valence-corrected chi connectivity index (χ2v) is 5.80. The van der Waals surface area contributed by atoms with Crippen LogP contribution in [0, 0.1) is 6.92 Å². The van der Waals surface area contributed by atoms with E-state index in [0.717, 1.165) is 5.56 Å². The van der Waals surface area contributed by atoms with Crippen molar-refractivity contribution in [1.82, 2.24) is 10.3 Å². The van der Waals surface area contributed by atoms with E-state index < -0.39 is 5.97 Å². The molecule has 7 nitrogen and oxygen atoms in total. The number of pyridine rings is 1. The molecule has 2 aromatic rings. The zero-order valence-corrected chi connectivity index (χ0v) is 13.9. The average Bonchev–Trinajstić information content (AvgIpc) is 2.60. The molecule has 0 bridgehead atoms. The summed E-state index contributed by atoms with van der Waals surface area (Å²) in [6.45, 7) is 1.90. The third-order valence-corrected chi connectivity index (χ3v) is 4.20. The monoisotopic (exact) mass is 342 g/mol. The van der Waals surface area contributed by atoms with Gasteiger partial charge >= 0.3 is 5.97 Å². The van der Waals surface area contributed by atoms with Crippen molar-refractivity contribution >= 4 is 11.9 Å². The third-order valence-electron chi connectivity index (χ3n) is 4.20. The standard InChI is InChI=1S/C18H18N2O5/c1-10-13(7-19-8-14(10)18(22)23)17(21)20-12-6-11-4-3-5-15(24-2)16(11)25-9-12/h3-5,7-8,12H,6,9H2,1-2H3,(H,20,21)(H,22,23). The van der Waals surface area contributed by atoms with Gasteiger partial charge in [0, 0.05) is 18.0 Å². The Morgan fingerprint density at radius 2 is 2.08 bits per heavy atom. The fraction of sp³-hybridized carbons (Fsp3) is 0.278. The van der Waals surface area contributed by atoms with Gasteiger partial charge in [-0.3, -0.25) is 9.78 Å². The molecule has 1 aromatic carbocycles. The molecule has 1 aromatic heterocycles. The van der Waals surface area contributed by atoms with Crippen LogP contribution >= 0.6 is 0 Å². The van der Waals surface area contributed by atoms with Crippen LogP contribution in [0.1, 0.15) is 31.8 Å². The van der Waals surface area contributed by atoms with Gasteiger partial charge < -0.3 is 19.9 Å². The maximum absolute atomic E-state index is 12.5. The molecule has 0 saturated carbocycles. The van der Waals surface area contributed by atoms with E-state index in [9.17, 15) is 9.59 Å². The highest BCUT2D eigenvalue weighted by Crippen LogP contribution is 2.34. The normalized spacial score (nSPS) is 15.7. The summed E-state index contributed by atoms with van der Waals surface area (Å²) in [5.41, 5.74) is 1.60. The molecule has 1 unspecified atom stereocenters. The van der Waals surface area contributed by atoms with Gasteiger partial charge in [0.2, 0.25) is 0 Å². The van der Waals surface area contributed by atoms with E-state index in [2.05, 4.69) is 10.3 Å². The van der Waals surface area contributed by atoms with Crippen LogP contribution in [0.25, 0.3) is 0 Å². The van der Waals surface area contributed by atoms with Crippen molar-refractivity contribution < 1.29 is 24.2 Å². The van der Waals surface area contributed by atoms with Crippen LogP contribution in [0.2, 0.25) is 0 Å². The number of methoxy groups -OCH3 is 1. The van der Waals surface area contributed by atoms with Crippen molar-refractivity contribution in [2.24, 2.45) is 0 Å². The summed E-state index contributed by atoms with van der Waals surface area (Å²) in [4.78, 5) is 27.6. The summed E-state index contributed by atoms with van der Waals surface area (Å²) >= 11 is 0. The van der Waals surface area contributed by atoms with E-state index in [4.69, 9.17) is 14.6 Å². The van der Waals surface area contributed by atoms with Crippen LogP contribution in [0.4, 0.5) is 0 Å². The second kappa shape index (κ2) is 6.80. The lowest BCUT2D eigenvalue weighted by Crippen LogP contribution is -2.43. The number of hydrogen-bond acceptors (Lipinski definition) is 5. The fourth-order valence-corrected chi connectivity index (χ4v) is 2.88. The predicted octanol–water partition coefficient (Wildman–Crippen LogP) is 1.83. The molecule has 2 N–H and O–H groups in total. The first-order valence-electron chi connectivity index (χ1n) is 7.78. The quantitative estimate of drug-likeness (QED) is 0.880. The van der Waals surface area contributed by atoms with Crippen LogP contribution in [-0.2, 0) is 6.42 Å². The maximum Gasteiger partial charge on any atom is 0.337 e. The number of aromatic nitrogens is 1. The summed E-state index contributed by atoms with van der Waals surface area (Å²) in [5.74, 6) is -0.118. The number of carboxylic acids is 1. The van der Waals surface area contributed by atoms with Gasteiger partial charge in [-0.1, -0.05) is 12.1 Å². The minimum Gasteiger partial charge on any atom is -0.493 e. The van der Waals surface area contributed by atoms with Crippen molar-refractivity contribution in [2.75, 3.05) is 13.7 Å². The van der Waals surface area contributed by atoms with E-state index in [0.29, 0.717) is 30.1 Å². The molecule has 130 valence electrons. The first kappa shape index (κ1) is 16.8. The van der Waals surface area contributed by atoms with E-state index in [1.165, 1.54) is 12.4 Å². The molecule has 0 saturated heterocycles. The SMILES string of the molecule is COc1cccc2c1OCC(NC(=O)c1cncc(C(=O)O)c1C)C2. The lowest BCUT2D eigenvalue weighted by atomic mass is 10.0. The summed E-state index contributed by atoms with van der Waals surface area (Å²) < 4.78 is 11.0. The number of ether oxygens (including phenoxy) is 2. The fourth-order valence-electron chi connectivity index (χ4n) is 2.88. The number of carboxylic acid groups (broad SMARTS) is 1. The number of nitrogens with one attached hydrogen (secondary N) is 1. The molecule has 2 heterocycles. The Morgan fingerprint density at radius 3 is 2.80 bits per heavy atom. The van der Waals surface area contributed by atoms with Gasteiger partial charge in [0.05, 0.1) is 24.3 Å². The number of amides is 1. The minimum atomic E-state index is -1.11. The predicted molar refractivity (Wildman–Crippen MR) is 89.4 cm³/mol. The summed E-state index contributed by atoms with van der Waals surface area (Å²) in [5, 5.41) is 12.0. The molecule has 0 spiro atoms. The molecule has 1 atom stereocenters. The van der Waals surface area contributed by atoms with E-state index in [1.807, 2.05) is 18.2 Å². The molecule has 1 amide bonds. The molecule has 1 aliphatic rings. The number of hydrogen-bond donors (Lipinski definition) is 2. The van der Waals surface area contributed by atoms with Crippen LogP contribution in [0.3, 0.4) is 0 Å². The Morgan fingerprint density at radius 1 is 1.32 bits per heavy atom. The maximum atomic E-state index is 12.5. The number of carbonyl (C=O) groups is 2. The summed E-state index contributed by atoms with van der Waals surface area (Å²) in [6.07, 6.45) is 3.21. The van der Waals surface area contributed by atoms with Gasteiger partial charge in [-0.05, 0) is 25.0 Å². The molecule has 7 heteroatoms. The highest BCUT2D eigenvalue weighted by atomic mass is 16.5. The lowest BCUT2D eigenvalue weighted by molar-refractivity contribution is 0.0695. The van der Waals surface area contributed by atoms with Crippen LogP contribution in [0.15, 0.2) is 30.6 Å². The van der Waals surface area contributed by atoms with Gasteiger partial charge in [0.1, 0.15) is 6.61 Å². The number of para-hydroxylation sites is 1. The average molecular weight is 342 g/mol. The minimum absolute atomic E-state index is 0.0163. The van der Waals surface area contributed by atoms with Crippen molar-refractivity contribution in [3.63, 3.8) is 0 Å². The van der Waals surface area contributed by atoms with Crippen molar-refractivity contribution in [3.8, 4) is 11.5 Å². The molecular formula is C18H18N2O5. The van der Waals surface area contributed by atoms with Crippen molar-refractivity contribution in [1.29, 1.82) is 0 Å². The van der Waals surface area contributed by atoms with Crippen LogP contribution < -0.4 is 14.8 Å². The Kier molecular flexibility index (Phi) is 4.56. The first-order valence-corrected chi connectivity index (χ1v) is 7.78. The topological polar surface area (TPSA) is 97.8 Å². The molecule has 0 radical (unpaired) electrons. The smallest absolute Gasteiger partial charge is 0.337 e. The molecule has 1 aliphatic heterocycles. The van der Waals surface area contributed by atoms with E-state index in [1.54, 1.807) is 14.0 Å². The van der Waals surface area contributed by atoms with E-state index >= 15 is 0 Å². The molecule has 0 fully saturated rings. The Labute approximate surface area is 144 Å². The molecule has 0 aliphatic carbocycles. The number of nitrogens with zero attached hydrogens (tertiary/aromatic N) is 1. The lowest BCUT2D eigenvalue weighted by Gasteiger charge is -2.27. The Bertz CT molecular complexity index is 834. The van der Waals surface area contributed by atoms with Gasteiger partial charge in [-0.25, -0.2) is 4.79 Å². The van der Waals surface area contributed by atoms with Gasteiger partial charge in [-0.15, -0.1) is 0 Å². The largest absolute Gasteiger partial charge is 0.493 e. The highest BCUT2D eigenvalue weighted by Gasteiger charge is 2.25. The van der Waals surface area contributed by atoms with Gasteiger partial charge in [-0.2, -0.15) is 0 Å². The number of fused-ring (bicyclic) bond motifs is 1. The van der Waals surface area contributed by atoms with Crippen LogP contribution in [-0.4, -0.2) is 41.7 Å². The molecular weight excluding hydrogens is 324 g/mol. The van der Waals surface area contributed by atoms with Crippen molar-refractivity contribution in [3.05, 3.63) is 52.8 Å². The number of rotatable bonds is 4.